The molecule has 1 radical (unpaired) electrons. The van der Waals surface area contributed by atoms with Crippen molar-refractivity contribution in [2.45, 2.75) is 13.3 Å². The van der Waals surface area contributed by atoms with Gasteiger partial charge in [0.2, 0.25) is 0 Å². The first-order chi connectivity index (χ1) is 3.93. The molecule has 0 heterocycles. The van der Waals surface area contributed by atoms with Gasteiger partial charge in [0.05, 0.1) is 0 Å². The largest absolute Gasteiger partial charge is 0.0622 e. The average molecular weight is 292 g/mol. The van der Waals surface area contributed by atoms with Crippen LogP contribution in [0.15, 0.2) is 30.3 Å². The number of hydrogen-bond donors (Lipinski definition) is 0. The fourth-order valence-electron chi connectivity index (χ4n) is 0.714. The summed E-state index contributed by atoms with van der Waals surface area (Å²) in [5.74, 6) is 0. The van der Waals surface area contributed by atoms with Gasteiger partial charge in [0, 0.05) is 20.4 Å². The van der Waals surface area contributed by atoms with Crippen molar-refractivity contribution in [1.82, 2.24) is 0 Å². The van der Waals surface area contributed by atoms with Crippen LogP contribution in [0.1, 0.15) is 12.5 Å². The number of rotatable bonds is 1. The molecule has 0 nitrogen and oxygen atoms in total. The third kappa shape index (κ3) is 2.79. The minimum absolute atomic E-state index is 0. The fraction of sp³-hybridized carbons (Fsp3) is 0.250. The van der Waals surface area contributed by atoms with E-state index in [1.807, 2.05) is 6.07 Å². The Kier molecular flexibility index (Phi) is 4.67. The second-order valence-corrected chi connectivity index (χ2v) is 1.84. The number of benzene rings is 1. The third-order valence-electron chi connectivity index (χ3n) is 1.25. The SMILES string of the molecule is CCc1ccccc1.[Re]. The van der Waals surface area contributed by atoms with Crippen LogP contribution in [0.4, 0.5) is 0 Å². The first-order valence-corrected chi connectivity index (χ1v) is 2.97. The van der Waals surface area contributed by atoms with Gasteiger partial charge in [-0.3, -0.25) is 0 Å². The van der Waals surface area contributed by atoms with E-state index in [0.717, 1.165) is 6.42 Å². The van der Waals surface area contributed by atoms with Gasteiger partial charge in [0.1, 0.15) is 0 Å². The summed E-state index contributed by atoms with van der Waals surface area (Å²) in [7, 11) is 0. The molecule has 0 saturated heterocycles. The van der Waals surface area contributed by atoms with Gasteiger partial charge in [0.15, 0.2) is 0 Å². The molecule has 0 fully saturated rings. The van der Waals surface area contributed by atoms with Gasteiger partial charge in [-0.2, -0.15) is 0 Å². The molecule has 0 aliphatic heterocycles. The van der Waals surface area contributed by atoms with Gasteiger partial charge in [-0.1, -0.05) is 37.3 Å². The molecule has 0 aliphatic rings. The topological polar surface area (TPSA) is 0 Å². The second kappa shape index (κ2) is 4.73. The number of aryl methyl sites for hydroxylation is 1. The molecule has 0 atom stereocenters. The first kappa shape index (κ1) is 8.88. The van der Waals surface area contributed by atoms with Crippen molar-refractivity contribution in [2.75, 3.05) is 0 Å². The summed E-state index contributed by atoms with van der Waals surface area (Å²) >= 11 is 0. The van der Waals surface area contributed by atoms with E-state index in [9.17, 15) is 0 Å². The summed E-state index contributed by atoms with van der Waals surface area (Å²) < 4.78 is 0. The predicted molar refractivity (Wildman–Crippen MR) is 35.8 cm³/mol. The molecule has 1 aromatic rings. The summed E-state index contributed by atoms with van der Waals surface area (Å²) in [6, 6.07) is 10.5. The zero-order chi connectivity index (χ0) is 5.82. The molecule has 0 aliphatic carbocycles. The Hall–Kier alpha value is -0.118. The van der Waals surface area contributed by atoms with E-state index in [-0.39, 0.29) is 20.4 Å². The van der Waals surface area contributed by atoms with Crippen LogP contribution in [0.3, 0.4) is 0 Å². The predicted octanol–water partition coefficient (Wildman–Crippen LogP) is 2.25. The molecule has 9 heavy (non-hydrogen) atoms. The number of hydrogen-bond acceptors (Lipinski definition) is 0. The van der Waals surface area contributed by atoms with Gasteiger partial charge in [-0.15, -0.1) is 0 Å². The maximum atomic E-state index is 2.16. The molecule has 1 heteroatoms. The van der Waals surface area contributed by atoms with Crippen LogP contribution in [0.2, 0.25) is 0 Å². The van der Waals surface area contributed by atoms with E-state index >= 15 is 0 Å². The van der Waals surface area contributed by atoms with Gasteiger partial charge in [0.25, 0.3) is 0 Å². The second-order valence-electron chi connectivity index (χ2n) is 1.84. The molecule has 0 amide bonds. The summed E-state index contributed by atoms with van der Waals surface area (Å²) in [6.45, 7) is 2.16. The molecular formula is C8H10Re. The van der Waals surface area contributed by atoms with E-state index < -0.39 is 0 Å². The van der Waals surface area contributed by atoms with E-state index in [2.05, 4.69) is 31.2 Å². The van der Waals surface area contributed by atoms with Crippen molar-refractivity contribution in [2.24, 2.45) is 0 Å². The molecule has 49 valence electrons. The zero-order valence-electron chi connectivity index (χ0n) is 5.47. The normalized spacial score (nSPS) is 8.11. The summed E-state index contributed by atoms with van der Waals surface area (Å²) in [6.07, 6.45) is 1.14. The van der Waals surface area contributed by atoms with Crippen molar-refractivity contribution in [3.63, 3.8) is 0 Å². The fourth-order valence-corrected chi connectivity index (χ4v) is 0.714. The van der Waals surface area contributed by atoms with Gasteiger partial charge < -0.3 is 0 Å². The summed E-state index contributed by atoms with van der Waals surface area (Å²) in [4.78, 5) is 0. The molecule has 0 saturated carbocycles. The third-order valence-corrected chi connectivity index (χ3v) is 1.25. The Morgan fingerprint density at radius 3 is 2.00 bits per heavy atom. The van der Waals surface area contributed by atoms with Crippen molar-refractivity contribution in [3.8, 4) is 0 Å². The van der Waals surface area contributed by atoms with Crippen LogP contribution in [0, 0.1) is 0 Å². The van der Waals surface area contributed by atoms with Crippen LogP contribution in [-0.2, 0) is 26.8 Å². The standard InChI is InChI=1S/C8H10.Re/c1-2-8-6-4-3-5-7-8;/h3-7H,2H2,1H3;. The quantitative estimate of drug-likeness (QED) is 0.745. The Morgan fingerprint density at radius 2 is 1.67 bits per heavy atom. The van der Waals surface area contributed by atoms with Crippen LogP contribution < -0.4 is 0 Å². The zero-order valence-corrected chi connectivity index (χ0v) is 8.19. The Morgan fingerprint density at radius 1 is 1.11 bits per heavy atom. The maximum absolute atomic E-state index is 2.16. The van der Waals surface area contributed by atoms with Crippen LogP contribution >= 0.6 is 0 Å². The summed E-state index contributed by atoms with van der Waals surface area (Å²) in [5, 5.41) is 0. The average Bonchev–Trinajstić information content (AvgIpc) is 1.90. The molecule has 0 unspecified atom stereocenters. The molecule has 0 aromatic heterocycles. The van der Waals surface area contributed by atoms with Gasteiger partial charge in [-0.05, 0) is 12.0 Å². The van der Waals surface area contributed by atoms with Crippen molar-refractivity contribution in [3.05, 3.63) is 35.9 Å². The van der Waals surface area contributed by atoms with E-state index in [1.165, 1.54) is 5.56 Å². The molecule has 0 spiro atoms. The van der Waals surface area contributed by atoms with E-state index in [1.54, 1.807) is 0 Å². The molecule has 0 bridgehead atoms. The van der Waals surface area contributed by atoms with Crippen molar-refractivity contribution >= 4 is 0 Å². The van der Waals surface area contributed by atoms with Crippen LogP contribution in [0.25, 0.3) is 0 Å². The van der Waals surface area contributed by atoms with Crippen LogP contribution in [-0.4, -0.2) is 0 Å². The van der Waals surface area contributed by atoms with E-state index in [0.29, 0.717) is 0 Å². The van der Waals surface area contributed by atoms with Crippen molar-refractivity contribution in [1.29, 1.82) is 0 Å². The van der Waals surface area contributed by atoms with Gasteiger partial charge in [-0.25, -0.2) is 0 Å². The molecular weight excluding hydrogens is 282 g/mol. The van der Waals surface area contributed by atoms with Crippen molar-refractivity contribution < 1.29 is 20.4 Å². The van der Waals surface area contributed by atoms with E-state index in [4.69, 9.17) is 0 Å². The van der Waals surface area contributed by atoms with Crippen LogP contribution in [0.5, 0.6) is 0 Å². The molecule has 0 N–H and O–H groups in total. The smallest absolute Gasteiger partial charge is 0 e. The minimum Gasteiger partial charge on any atom is -0.0622 e. The van der Waals surface area contributed by atoms with Gasteiger partial charge >= 0.3 is 0 Å². The summed E-state index contributed by atoms with van der Waals surface area (Å²) in [5.41, 5.74) is 1.41. The Balaban J connectivity index is 0.000000640. The monoisotopic (exact) mass is 293 g/mol. The Bertz CT molecular complexity index is 146. The molecule has 1 rings (SSSR count). The maximum Gasteiger partial charge on any atom is 0 e. The first-order valence-electron chi connectivity index (χ1n) is 2.97. The Labute approximate surface area is 69.9 Å². The minimum atomic E-state index is 0. The molecule has 1 aromatic carbocycles.